The zero-order valence-electron chi connectivity index (χ0n) is 18.5. The standard InChI is InChI=1S/C25H30N2O3S/c1-25(2)21-10-6-7-11-22(21)26(3)24(25)18-23(28)19-12-14-20(15-13-19)31(29,30)27-16-8-4-5-9-17-27/h6-7,10-15,18H,4-5,8-9,16-17H2,1-3H3/b24-18-. The second kappa shape index (κ2) is 8.24. The van der Waals surface area contributed by atoms with Crippen molar-refractivity contribution in [3.63, 3.8) is 0 Å². The molecule has 1 saturated heterocycles. The Morgan fingerprint density at radius 2 is 1.55 bits per heavy atom. The predicted molar refractivity (Wildman–Crippen MR) is 124 cm³/mol. The van der Waals surface area contributed by atoms with E-state index in [4.69, 9.17) is 0 Å². The van der Waals surface area contributed by atoms with Crippen LogP contribution in [0.1, 0.15) is 55.5 Å². The quantitative estimate of drug-likeness (QED) is 0.511. The van der Waals surface area contributed by atoms with Crippen molar-refractivity contribution >= 4 is 21.5 Å². The summed E-state index contributed by atoms with van der Waals surface area (Å²) in [7, 11) is -1.54. The molecule has 1 fully saturated rings. The number of carbonyl (C=O) groups is 1. The highest BCUT2D eigenvalue weighted by Gasteiger charge is 2.38. The minimum atomic E-state index is -3.52. The van der Waals surface area contributed by atoms with Gasteiger partial charge in [-0.3, -0.25) is 4.79 Å². The van der Waals surface area contributed by atoms with Gasteiger partial charge in [-0.25, -0.2) is 8.42 Å². The van der Waals surface area contributed by atoms with Gasteiger partial charge in [0, 0.05) is 48.6 Å². The van der Waals surface area contributed by atoms with Gasteiger partial charge >= 0.3 is 0 Å². The largest absolute Gasteiger partial charge is 0.347 e. The third kappa shape index (κ3) is 3.94. The molecular weight excluding hydrogens is 408 g/mol. The van der Waals surface area contributed by atoms with Crippen molar-refractivity contribution in [1.29, 1.82) is 0 Å². The van der Waals surface area contributed by atoms with Gasteiger partial charge in [0.15, 0.2) is 5.78 Å². The molecule has 0 saturated carbocycles. The van der Waals surface area contributed by atoms with Gasteiger partial charge in [0.1, 0.15) is 0 Å². The average Bonchev–Trinajstić information content (AvgIpc) is 2.98. The van der Waals surface area contributed by atoms with Crippen LogP contribution in [0.4, 0.5) is 5.69 Å². The normalized spacial score (nSPS) is 20.5. The van der Waals surface area contributed by atoms with Crippen LogP contribution < -0.4 is 4.90 Å². The SMILES string of the molecule is CN1/C(=C\C(=O)c2ccc(S(=O)(=O)N3CCCCCC3)cc2)C(C)(C)c2ccccc21. The van der Waals surface area contributed by atoms with Crippen LogP contribution in [0.15, 0.2) is 65.2 Å². The first-order chi connectivity index (χ1) is 14.7. The summed E-state index contributed by atoms with van der Waals surface area (Å²) in [4.78, 5) is 15.3. The Morgan fingerprint density at radius 1 is 0.935 bits per heavy atom. The molecule has 4 rings (SSSR count). The number of sulfonamides is 1. The number of benzene rings is 2. The Bertz CT molecular complexity index is 1110. The minimum Gasteiger partial charge on any atom is -0.347 e. The maximum absolute atomic E-state index is 13.0. The third-order valence-electron chi connectivity index (χ3n) is 6.55. The first-order valence-electron chi connectivity index (χ1n) is 10.9. The average molecular weight is 439 g/mol. The first-order valence-corrected chi connectivity index (χ1v) is 12.4. The summed E-state index contributed by atoms with van der Waals surface area (Å²) in [6.45, 7) is 5.37. The number of para-hydroxylation sites is 1. The third-order valence-corrected chi connectivity index (χ3v) is 8.46. The lowest BCUT2D eigenvalue weighted by molar-refractivity contribution is 0.104. The number of ketones is 1. The van der Waals surface area contributed by atoms with Crippen molar-refractivity contribution in [3.05, 3.63) is 71.4 Å². The van der Waals surface area contributed by atoms with Gasteiger partial charge in [-0.2, -0.15) is 4.31 Å². The molecule has 0 spiro atoms. The molecule has 5 nitrogen and oxygen atoms in total. The summed E-state index contributed by atoms with van der Waals surface area (Å²) >= 11 is 0. The van der Waals surface area contributed by atoms with Crippen molar-refractivity contribution < 1.29 is 13.2 Å². The summed E-state index contributed by atoms with van der Waals surface area (Å²) in [5, 5.41) is 0. The van der Waals surface area contributed by atoms with Gasteiger partial charge in [0.05, 0.1) is 4.90 Å². The lowest BCUT2D eigenvalue weighted by Crippen LogP contribution is -2.31. The fourth-order valence-corrected chi connectivity index (χ4v) is 6.21. The molecule has 2 aromatic carbocycles. The summed E-state index contributed by atoms with van der Waals surface area (Å²) in [5.74, 6) is -0.124. The molecule has 0 aromatic heterocycles. The van der Waals surface area contributed by atoms with Crippen LogP contribution in [0, 0.1) is 0 Å². The van der Waals surface area contributed by atoms with E-state index >= 15 is 0 Å². The van der Waals surface area contributed by atoms with E-state index in [9.17, 15) is 13.2 Å². The maximum atomic E-state index is 13.0. The van der Waals surface area contributed by atoms with E-state index in [-0.39, 0.29) is 16.1 Å². The smallest absolute Gasteiger partial charge is 0.243 e. The highest BCUT2D eigenvalue weighted by atomic mass is 32.2. The molecule has 2 aromatic rings. The number of allylic oxidation sites excluding steroid dienone is 2. The Balaban J connectivity index is 1.58. The Labute approximate surface area is 185 Å². The number of anilines is 1. The lowest BCUT2D eigenvalue weighted by Gasteiger charge is -2.24. The monoisotopic (exact) mass is 438 g/mol. The minimum absolute atomic E-state index is 0.124. The van der Waals surface area contributed by atoms with E-state index in [1.165, 1.54) is 5.56 Å². The predicted octanol–water partition coefficient (Wildman–Crippen LogP) is 4.75. The van der Waals surface area contributed by atoms with Crippen LogP contribution in [-0.4, -0.2) is 38.6 Å². The zero-order valence-corrected chi connectivity index (χ0v) is 19.3. The Hall–Kier alpha value is -2.44. The summed E-state index contributed by atoms with van der Waals surface area (Å²) in [6, 6.07) is 14.5. The van der Waals surface area contributed by atoms with E-state index in [1.54, 1.807) is 34.6 Å². The maximum Gasteiger partial charge on any atom is 0.243 e. The van der Waals surface area contributed by atoms with Crippen LogP contribution in [0.2, 0.25) is 0 Å². The number of likely N-dealkylation sites (N-methyl/N-ethyl adjacent to an activating group) is 1. The van der Waals surface area contributed by atoms with Crippen molar-refractivity contribution in [2.24, 2.45) is 0 Å². The zero-order chi connectivity index (χ0) is 22.2. The molecule has 2 heterocycles. The molecule has 0 N–H and O–H groups in total. The summed E-state index contributed by atoms with van der Waals surface area (Å²) in [6.07, 6.45) is 5.62. The second-order valence-corrected chi connectivity index (χ2v) is 10.9. The van der Waals surface area contributed by atoms with Crippen molar-refractivity contribution in [2.45, 2.75) is 49.8 Å². The number of nitrogens with zero attached hydrogens (tertiary/aromatic N) is 2. The van der Waals surface area contributed by atoms with Gasteiger partial charge in [0.2, 0.25) is 10.0 Å². The second-order valence-electron chi connectivity index (χ2n) is 8.94. The molecule has 6 heteroatoms. The van der Waals surface area contributed by atoms with Gasteiger partial charge < -0.3 is 4.90 Å². The fraction of sp³-hybridized carbons (Fsp3) is 0.400. The molecular formula is C25H30N2O3S. The number of hydrogen-bond acceptors (Lipinski definition) is 4. The summed E-state index contributed by atoms with van der Waals surface area (Å²) in [5.41, 5.74) is 3.43. The number of rotatable bonds is 4. The number of hydrogen-bond donors (Lipinski definition) is 0. The fourth-order valence-electron chi connectivity index (χ4n) is 4.69. The van der Waals surface area contributed by atoms with Gasteiger partial charge in [-0.1, -0.05) is 44.9 Å². The molecule has 31 heavy (non-hydrogen) atoms. The van der Waals surface area contributed by atoms with Crippen LogP contribution in [0.25, 0.3) is 0 Å². The van der Waals surface area contributed by atoms with Crippen molar-refractivity contribution in [3.8, 4) is 0 Å². The molecule has 2 aliphatic heterocycles. The van der Waals surface area contributed by atoms with Gasteiger partial charge in [0.25, 0.3) is 0 Å². The Kier molecular flexibility index (Phi) is 5.79. The molecule has 2 aliphatic rings. The van der Waals surface area contributed by atoms with E-state index in [0.29, 0.717) is 18.7 Å². The molecule has 0 unspecified atom stereocenters. The van der Waals surface area contributed by atoms with Crippen molar-refractivity contribution in [1.82, 2.24) is 4.31 Å². The molecule has 0 aliphatic carbocycles. The van der Waals surface area contributed by atoms with Crippen LogP contribution in [0.5, 0.6) is 0 Å². The summed E-state index contributed by atoms with van der Waals surface area (Å²) < 4.78 is 27.5. The van der Waals surface area contributed by atoms with Crippen LogP contribution >= 0.6 is 0 Å². The highest BCUT2D eigenvalue weighted by molar-refractivity contribution is 7.89. The topological polar surface area (TPSA) is 57.7 Å². The molecule has 0 amide bonds. The molecule has 0 atom stereocenters. The number of carbonyl (C=O) groups excluding carboxylic acids is 1. The van der Waals surface area contributed by atoms with E-state index in [2.05, 4.69) is 30.9 Å². The molecule has 0 radical (unpaired) electrons. The van der Waals surface area contributed by atoms with E-state index in [0.717, 1.165) is 37.1 Å². The van der Waals surface area contributed by atoms with Crippen molar-refractivity contribution in [2.75, 3.05) is 25.0 Å². The van der Waals surface area contributed by atoms with Crippen LogP contribution in [0.3, 0.4) is 0 Å². The molecule has 164 valence electrons. The van der Waals surface area contributed by atoms with Gasteiger partial charge in [-0.15, -0.1) is 0 Å². The van der Waals surface area contributed by atoms with Gasteiger partial charge in [-0.05, 0) is 48.7 Å². The number of fused-ring (bicyclic) bond motifs is 1. The van der Waals surface area contributed by atoms with Crippen LogP contribution in [-0.2, 0) is 15.4 Å². The van der Waals surface area contributed by atoms with E-state index in [1.807, 2.05) is 19.2 Å². The first kappa shape index (κ1) is 21.8. The Morgan fingerprint density at radius 3 is 2.16 bits per heavy atom. The molecule has 0 bridgehead atoms. The highest BCUT2D eigenvalue weighted by Crippen LogP contribution is 2.46. The lowest BCUT2D eigenvalue weighted by atomic mass is 9.83. The van der Waals surface area contributed by atoms with E-state index < -0.39 is 10.0 Å².